The van der Waals surface area contributed by atoms with Gasteiger partial charge in [-0.2, -0.15) is 0 Å². The first-order valence-electron chi connectivity index (χ1n) is 9.65. The molecule has 29 heavy (non-hydrogen) atoms. The van der Waals surface area contributed by atoms with Gasteiger partial charge in [0.25, 0.3) is 5.91 Å². The number of ketones is 1. The van der Waals surface area contributed by atoms with Gasteiger partial charge in [0.2, 0.25) is 5.78 Å². The number of amides is 1. The summed E-state index contributed by atoms with van der Waals surface area (Å²) in [6.07, 6.45) is 6.21. The van der Waals surface area contributed by atoms with E-state index in [0.717, 1.165) is 13.1 Å². The number of carbonyl (C=O) groups is 2. The van der Waals surface area contributed by atoms with E-state index in [2.05, 4.69) is 9.97 Å². The van der Waals surface area contributed by atoms with E-state index in [4.69, 9.17) is 4.74 Å². The second-order valence-corrected chi connectivity index (χ2v) is 7.11. The highest BCUT2D eigenvalue weighted by Gasteiger charge is 2.44. The fraction of sp³-hybridized carbons (Fsp3) is 0.333. The Morgan fingerprint density at radius 1 is 1.14 bits per heavy atom. The summed E-state index contributed by atoms with van der Waals surface area (Å²) in [5, 5.41) is 13.1. The number of hydrogen-bond donors (Lipinski definition) is 1. The van der Waals surface area contributed by atoms with E-state index in [1.165, 1.54) is 22.2 Å². The van der Waals surface area contributed by atoms with Crippen LogP contribution in [0, 0.1) is 0 Å². The van der Waals surface area contributed by atoms with E-state index in [0.29, 0.717) is 37.4 Å². The number of Topliss-reactive ketones (excluding diaryl/α,β-unsaturated/α-hetero) is 1. The predicted octanol–water partition coefficient (Wildman–Crippen LogP) is -1.38. The lowest BCUT2D eigenvalue weighted by Gasteiger charge is -2.29. The highest BCUT2D eigenvalue weighted by atomic mass is 16.5. The molecule has 0 aromatic carbocycles. The Balaban J connectivity index is 1.70. The second-order valence-electron chi connectivity index (χ2n) is 7.11. The van der Waals surface area contributed by atoms with E-state index in [9.17, 15) is 14.7 Å². The monoisotopic (exact) mass is 394 g/mol. The molecule has 2 fully saturated rings. The molecule has 2 aromatic heterocycles. The van der Waals surface area contributed by atoms with Crippen LogP contribution in [0.1, 0.15) is 17.2 Å². The van der Waals surface area contributed by atoms with Gasteiger partial charge in [-0.3, -0.25) is 19.6 Å². The summed E-state index contributed by atoms with van der Waals surface area (Å²) in [7, 11) is 0. The number of likely N-dealkylation sites (tertiary alicyclic amines) is 1. The molecule has 4 rings (SSSR count). The van der Waals surface area contributed by atoms with Gasteiger partial charge in [-0.1, -0.05) is 11.8 Å². The second kappa shape index (κ2) is 8.50. The quantitative estimate of drug-likeness (QED) is 0.381. The number of pyridine rings is 2. The van der Waals surface area contributed by atoms with E-state index in [1.54, 1.807) is 36.7 Å². The van der Waals surface area contributed by atoms with Crippen LogP contribution in [0.2, 0.25) is 0 Å². The SMILES string of the molecule is O=C1C(=O)N(CC[NH+]2CCOCC2)C(c2cccnc2)C1=C([O-])c1ccncc1. The van der Waals surface area contributed by atoms with Crippen molar-refractivity contribution >= 4 is 17.4 Å². The standard InChI is InChI=1S/C21H22N4O4/c26-19(15-3-6-22-7-4-15)17-18(16-2-1-5-23-14-16)25(21(28)20(17)27)9-8-24-10-12-29-13-11-24/h1-7,14,18,26H,8-13H2. The molecule has 0 saturated carbocycles. The molecular weight excluding hydrogens is 372 g/mol. The first-order chi connectivity index (χ1) is 14.2. The fourth-order valence-electron chi connectivity index (χ4n) is 3.83. The molecular formula is C21H22N4O4. The van der Waals surface area contributed by atoms with Gasteiger partial charge in [-0.05, 0) is 29.3 Å². The molecule has 0 spiro atoms. The van der Waals surface area contributed by atoms with Gasteiger partial charge in [-0.15, -0.1) is 0 Å². The molecule has 2 aliphatic heterocycles. The van der Waals surface area contributed by atoms with Gasteiger partial charge >= 0.3 is 0 Å². The van der Waals surface area contributed by atoms with Crippen molar-refractivity contribution in [2.75, 3.05) is 39.4 Å². The molecule has 2 aromatic rings. The highest BCUT2D eigenvalue weighted by Crippen LogP contribution is 2.37. The normalized spacial score (nSPS) is 22.2. The third-order valence-electron chi connectivity index (χ3n) is 5.38. The Bertz CT molecular complexity index is 911. The molecule has 2 saturated heterocycles. The van der Waals surface area contributed by atoms with E-state index in [-0.39, 0.29) is 5.57 Å². The molecule has 1 amide bonds. The third kappa shape index (κ3) is 3.90. The number of carbonyl (C=O) groups excluding carboxylic acids is 2. The maximum Gasteiger partial charge on any atom is 0.295 e. The minimum atomic E-state index is -0.738. The van der Waals surface area contributed by atoms with Crippen molar-refractivity contribution in [3.05, 3.63) is 65.8 Å². The summed E-state index contributed by atoms with van der Waals surface area (Å²) >= 11 is 0. The highest BCUT2D eigenvalue weighted by molar-refractivity contribution is 6.46. The van der Waals surface area contributed by atoms with Crippen molar-refractivity contribution in [3.63, 3.8) is 0 Å². The maximum atomic E-state index is 13.1. The van der Waals surface area contributed by atoms with E-state index in [1.807, 2.05) is 0 Å². The Morgan fingerprint density at radius 2 is 1.90 bits per heavy atom. The lowest BCUT2D eigenvalue weighted by Crippen LogP contribution is -3.14. The molecule has 2 aliphatic rings. The van der Waals surface area contributed by atoms with Crippen LogP contribution in [-0.4, -0.2) is 66.0 Å². The zero-order valence-corrected chi connectivity index (χ0v) is 15.9. The Hall–Kier alpha value is -3.10. The predicted molar refractivity (Wildman–Crippen MR) is 101 cm³/mol. The van der Waals surface area contributed by atoms with Crippen molar-refractivity contribution in [3.8, 4) is 0 Å². The van der Waals surface area contributed by atoms with Crippen molar-refractivity contribution in [1.82, 2.24) is 14.9 Å². The Kier molecular flexibility index (Phi) is 5.64. The molecule has 1 atom stereocenters. The minimum absolute atomic E-state index is 0.0221. The fourth-order valence-corrected chi connectivity index (χ4v) is 3.83. The smallest absolute Gasteiger partial charge is 0.295 e. The molecule has 150 valence electrons. The van der Waals surface area contributed by atoms with E-state index >= 15 is 0 Å². The van der Waals surface area contributed by atoms with Crippen molar-refractivity contribution in [2.24, 2.45) is 0 Å². The number of nitrogens with zero attached hydrogens (tertiary/aromatic N) is 3. The molecule has 4 heterocycles. The van der Waals surface area contributed by atoms with Gasteiger partial charge in [-0.25, -0.2) is 0 Å². The summed E-state index contributed by atoms with van der Waals surface area (Å²) in [5.74, 6) is -1.82. The number of rotatable bonds is 5. The van der Waals surface area contributed by atoms with Crippen LogP contribution in [-0.2, 0) is 14.3 Å². The molecule has 0 radical (unpaired) electrons. The first-order valence-corrected chi connectivity index (χ1v) is 9.65. The van der Waals surface area contributed by atoms with Crippen LogP contribution < -0.4 is 10.0 Å². The largest absolute Gasteiger partial charge is 0.872 e. The van der Waals surface area contributed by atoms with Gasteiger partial charge in [0.1, 0.15) is 13.1 Å². The van der Waals surface area contributed by atoms with Gasteiger partial charge in [0.15, 0.2) is 0 Å². The van der Waals surface area contributed by atoms with Crippen LogP contribution in [0.4, 0.5) is 0 Å². The summed E-state index contributed by atoms with van der Waals surface area (Å²) in [6, 6.07) is 5.90. The zero-order chi connectivity index (χ0) is 20.2. The Morgan fingerprint density at radius 3 is 2.59 bits per heavy atom. The molecule has 1 N–H and O–H groups in total. The summed E-state index contributed by atoms with van der Waals surface area (Å²) in [4.78, 5) is 36.6. The van der Waals surface area contributed by atoms with Crippen molar-refractivity contribution < 1.29 is 24.3 Å². The van der Waals surface area contributed by atoms with Crippen LogP contribution in [0.5, 0.6) is 0 Å². The Labute approximate surface area is 168 Å². The zero-order valence-electron chi connectivity index (χ0n) is 15.9. The topological polar surface area (TPSA) is 99.9 Å². The van der Waals surface area contributed by atoms with E-state index < -0.39 is 23.5 Å². The molecule has 1 unspecified atom stereocenters. The van der Waals surface area contributed by atoms with Crippen LogP contribution in [0.15, 0.2) is 54.6 Å². The minimum Gasteiger partial charge on any atom is -0.872 e. The number of aromatic nitrogens is 2. The lowest BCUT2D eigenvalue weighted by molar-refractivity contribution is -0.907. The lowest BCUT2D eigenvalue weighted by atomic mass is 9.96. The van der Waals surface area contributed by atoms with Crippen molar-refractivity contribution in [2.45, 2.75) is 6.04 Å². The summed E-state index contributed by atoms with van der Waals surface area (Å²) in [5.41, 5.74) is 0.970. The maximum absolute atomic E-state index is 13.1. The molecule has 8 heteroatoms. The third-order valence-corrected chi connectivity index (χ3v) is 5.38. The number of morpholine rings is 1. The van der Waals surface area contributed by atoms with Gasteiger partial charge in [0.05, 0.1) is 32.3 Å². The van der Waals surface area contributed by atoms with Crippen LogP contribution in [0.3, 0.4) is 0 Å². The van der Waals surface area contributed by atoms with Crippen LogP contribution in [0.25, 0.3) is 5.76 Å². The average molecular weight is 394 g/mol. The van der Waals surface area contributed by atoms with Crippen LogP contribution >= 0.6 is 0 Å². The summed E-state index contributed by atoms with van der Waals surface area (Å²) < 4.78 is 5.38. The summed E-state index contributed by atoms with van der Waals surface area (Å²) in [6.45, 7) is 4.17. The number of ether oxygens (including phenoxy) is 1. The first kappa shape index (κ1) is 19.2. The number of quaternary nitrogens is 1. The molecule has 8 nitrogen and oxygen atoms in total. The van der Waals surface area contributed by atoms with Gasteiger partial charge in [0, 0.05) is 30.4 Å². The van der Waals surface area contributed by atoms with Gasteiger partial charge < -0.3 is 19.6 Å². The molecule has 0 bridgehead atoms. The average Bonchev–Trinajstić information content (AvgIpc) is 3.04. The molecule has 0 aliphatic carbocycles. The number of nitrogens with one attached hydrogen (secondary N) is 1. The number of hydrogen-bond acceptors (Lipinski definition) is 6. The van der Waals surface area contributed by atoms with Crippen molar-refractivity contribution in [1.29, 1.82) is 0 Å².